The number of aliphatic hydroxyl groups excluding tert-OH is 1. The van der Waals surface area contributed by atoms with E-state index in [9.17, 15) is 14.7 Å². The third-order valence-corrected chi connectivity index (χ3v) is 11.9. The minimum absolute atomic E-state index is 0.0533. The fraction of sp³-hybridized carbons (Fsp3) is 0.758. The zero-order valence-electron chi connectivity index (χ0n) is 25.7. The molecule has 3 saturated carbocycles. The van der Waals surface area contributed by atoms with E-state index in [4.69, 9.17) is 14.2 Å². The highest BCUT2D eigenvalue weighted by atomic mass is 32.2. The summed E-state index contributed by atoms with van der Waals surface area (Å²) in [6, 6.07) is 0. The standard InChI is InChI=1S/C33H49NO6S/c1-8-9-28-39-27-17-24-23-11-10-22-16-21(4)12-13-31(22,5)29(23)25(35)18-32(24,6)33(27,40-28)26(36)19-38-30(37)34(7)14-15-41-20(2)3/h12-13,16,20,23-25,27-29,35H,4,8-11,14-15,17-19H2,1-3,5-7H3/t23-,24-,25-,27+,28?,29+,31-,32-,33+/m0/s1. The van der Waals surface area contributed by atoms with Crippen molar-refractivity contribution in [2.75, 3.05) is 26.0 Å². The van der Waals surface area contributed by atoms with Gasteiger partial charge in [-0.2, -0.15) is 11.8 Å². The number of ether oxygens (including phenoxy) is 3. The third kappa shape index (κ3) is 5.04. The van der Waals surface area contributed by atoms with Gasteiger partial charge < -0.3 is 24.2 Å². The maximum Gasteiger partial charge on any atom is 0.409 e. The van der Waals surface area contributed by atoms with E-state index in [2.05, 4.69) is 59.4 Å². The summed E-state index contributed by atoms with van der Waals surface area (Å²) in [7, 11) is 1.70. The van der Waals surface area contributed by atoms with Gasteiger partial charge in [-0.1, -0.05) is 71.4 Å². The van der Waals surface area contributed by atoms with Crippen LogP contribution in [0.5, 0.6) is 0 Å². The highest BCUT2D eigenvalue weighted by Gasteiger charge is 2.75. The van der Waals surface area contributed by atoms with Crippen LogP contribution in [0.15, 0.2) is 36.0 Å². The van der Waals surface area contributed by atoms with Gasteiger partial charge in [0.15, 0.2) is 18.5 Å². The molecule has 0 spiro atoms. The van der Waals surface area contributed by atoms with Gasteiger partial charge in [0.05, 0.1) is 12.2 Å². The number of Topliss-reactive ketones (excluding diaryl/α,β-unsaturated/α-hetero) is 1. The minimum atomic E-state index is -1.25. The van der Waals surface area contributed by atoms with Crippen LogP contribution in [0.4, 0.5) is 4.79 Å². The lowest BCUT2D eigenvalue weighted by Crippen LogP contribution is -2.63. The molecule has 1 aliphatic heterocycles. The van der Waals surface area contributed by atoms with Crippen LogP contribution in [-0.4, -0.2) is 77.2 Å². The van der Waals surface area contributed by atoms with Gasteiger partial charge in [0, 0.05) is 36.1 Å². The van der Waals surface area contributed by atoms with Crippen molar-refractivity contribution >= 4 is 23.6 Å². The van der Waals surface area contributed by atoms with Gasteiger partial charge in [-0.15, -0.1) is 0 Å². The summed E-state index contributed by atoms with van der Waals surface area (Å²) >= 11 is 1.78. The van der Waals surface area contributed by atoms with Gasteiger partial charge in [0.2, 0.25) is 5.78 Å². The summed E-state index contributed by atoms with van der Waals surface area (Å²) in [5.74, 6) is 0.985. The molecule has 1 amide bonds. The van der Waals surface area contributed by atoms with Gasteiger partial charge in [-0.05, 0) is 54.8 Å². The molecular formula is C33H49NO6S. The second-order valence-electron chi connectivity index (χ2n) is 13.6. The Morgan fingerprint density at radius 2 is 2.07 bits per heavy atom. The van der Waals surface area contributed by atoms with Gasteiger partial charge in [0.1, 0.15) is 0 Å². The Bertz CT molecular complexity index is 1120. The first-order valence-electron chi connectivity index (χ1n) is 15.5. The van der Waals surface area contributed by atoms with Crippen LogP contribution in [0, 0.1) is 28.6 Å². The molecular weight excluding hydrogens is 538 g/mol. The van der Waals surface area contributed by atoms with E-state index in [1.54, 1.807) is 18.8 Å². The first-order valence-corrected chi connectivity index (χ1v) is 16.6. The second-order valence-corrected chi connectivity index (χ2v) is 15.3. The van der Waals surface area contributed by atoms with Crippen molar-refractivity contribution in [3.63, 3.8) is 0 Å². The number of hydrogen-bond donors (Lipinski definition) is 1. The van der Waals surface area contributed by atoms with Crippen molar-refractivity contribution in [3.05, 3.63) is 36.0 Å². The highest BCUT2D eigenvalue weighted by molar-refractivity contribution is 7.99. The first kappa shape index (κ1) is 30.8. The average Bonchev–Trinajstić information content (AvgIpc) is 3.39. The number of aliphatic hydroxyl groups is 1. The van der Waals surface area contributed by atoms with Gasteiger partial charge in [0.25, 0.3) is 0 Å². The number of rotatable bonds is 9. The molecule has 0 aromatic carbocycles. The van der Waals surface area contributed by atoms with Crippen LogP contribution in [0.1, 0.15) is 73.1 Å². The maximum atomic E-state index is 14.3. The van der Waals surface area contributed by atoms with E-state index in [1.807, 2.05) is 0 Å². The molecule has 1 heterocycles. The Kier molecular flexibility index (Phi) is 8.63. The summed E-state index contributed by atoms with van der Waals surface area (Å²) in [6.07, 6.45) is 9.13. The molecule has 0 aromatic rings. The summed E-state index contributed by atoms with van der Waals surface area (Å²) in [4.78, 5) is 28.6. The monoisotopic (exact) mass is 587 g/mol. The molecule has 5 aliphatic rings. The quantitative estimate of drug-likeness (QED) is 0.358. The number of ketones is 1. The SMILES string of the molecule is C=C1C=C[C@@]2(C)C(=C1)CC[C@@H]1[C@@H]2[C@@H](O)C[C@@]2(C)[C@H]1C[C@H]1OC(CCC)O[C@]12C(=O)COC(=O)N(C)CCSC(C)C. The summed E-state index contributed by atoms with van der Waals surface area (Å²) in [5, 5.41) is 12.4. The lowest BCUT2D eigenvalue weighted by Gasteiger charge is -2.59. The van der Waals surface area contributed by atoms with E-state index >= 15 is 0 Å². The molecule has 228 valence electrons. The molecule has 8 heteroatoms. The molecule has 41 heavy (non-hydrogen) atoms. The molecule has 1 N–H and O–H groups in total. The van der Waals surface area contributed by atoms with Crippen molar-refractivity contribution in [3.8, 4) is 0 Å². The van der Waals surface area contributed by atoms with Gasteiger partial charge >= 0.3 is 6.09 Å². The van der Waals surface area contributed by atoms with Crippen LogP contribution < -0.4 is 0 Å². The van der Waals surface area contributed by atoms with Crippen molar-refractivity contribution in [1.29, 1.82) is 0 Å². The molecule has 1 unspecified atom stereocenters. The van der Waals surface area contributed by atoms with Crippen LogP contribution in [0.2, 0.25) is 0 Å². The Morgan fingerprint density at radius 3 is 2.78 bits per heavy atom. The number of allylic oxidation sites excluding steroid dienone is 5. The minimum Gasteiger partial charge on any atom is -0.441 e. The zero-order valence-corrected chi connectivity index (χ0v) is 26.5. The van der Waals surface area contributed by atoms with Crippen LogP contribution >= 0.6 is 11.8 Å². The van der Waals surface area contributed by atoms with Gasteiger partial charge in [-0.25, -0.2) is 4.79 Å². The average molecular weight is 588 g/mol. The number of nitrogens with zero attached hydrogens (tertiary/aromatic N) is 1. The summed E-state index contributed by atoms with van der Waals surface area (Å²) < 4.78 is 18.8. The van der Waals surface area contributed by atoms with Crippen molar-refractivity contribution in [2.24, 2.45) is 28.6 Å². The predicted molar refractivity (Wildman–Crippen MR) is 161 cm³/mol. The number of fused-ring (bicyclic) bond motifs is 7. The fourth-order valence-corrected chi connectivity index (χ4v) is 9.79. The van der Waals surface area contributed by atoms with Crippen molar-refractivity contribution in [2.45, 2.75) is 102 Å². The number of carbonyl (C=O) groups is 2. The Balaban J connectivity index is 1.39. The Morgan fingerprint density at radius 1 is 1.32 bits per heavy atom. The Hall–Kier alpha value is -1.61. The van der Waals surface area contributed by atoms with E-state index < -0.39 is 35.6 Å². The molecule has 4 fully saturated rings. The molecule has 0 radical (unpaired) electrons. The fourth-order valence-electron chi connectivity index (χ4n) is 8.94. The van der Waals surface area contributed by atoms with E-state index in [0.717, 1.165) is 30.6 Å². The normalized spacial score (nSPS) is 40.9. The Labute approximate surface area is 250 Å². The number of thioether (sulfide) groups is 1. The predicted octanol–water partition coefficient (Wildman–Crippen LogP) is 5.92. The molecule has 0 aromatic heterocycles. The number of carbonyl (C=O) groups excluding carboxylic acids is 2. The summed E-state index contributed by atoms with van der Waals surface area (Å²) in [6.45, 7) is 15.0. The number of hydrogen-bond acceptors (Lipinski definition) is 7. The zero-order chi connectivity index (χ0) is 29.7. The molecule has 0 bridgehead atoms. The van der Waals surface area contributed by atoms with Crippen molar-refractivity contribution < 1.29 is 28.9 Å². The van der Waals surface area contributed by atoms with Crippen LogP contribution in [0.25, 0.3) is 0 Å². The van der Waals surface area contributed by atoms with Crippen molar-refractivity contribution in [1.82, 2.24) is 4.90 Å². The van der Waals surface area contributed by atoms with E-state index in [-0.39, 0.29) is 35.6 Å². The molecule has 5 rings (SSSR count). The summed E-state index contributed by atoms with van der Waals surface area (Å²) in [5.41, 5.74) is 0.234. The van der Waals surface area contributed by atoms with E-state index in [0.29, 0.717) is 31.1 Å². The lowest BCUT2D eigenvalue weighted by molar-refractivity contribution is -0.200. The maximum absolute atomic E-state index is 14.3. The second kappa shape index (κ2) is 11.5. The topological polar surface area (TPSA) is 85.3 Å². The molecule has 7 nitrogen and oxygen atoms in total. The largest absolute Gasteiger partial charge is 0.441 e. The highest BCUT2D eigenvalue weighted by Crippen LogP contribution is 2.69. The molecule has 4 aliphatic carbocycles. The smallest absolute Gasteiger partial charge is 0.409 e. The van der Waals surface area contributed by atoms with E-state index in [1.165, 1.54) is 10.5 Å². The first-order chi connectivity index (χ1) is 19.4. The van der Waals surface area contributed by atoms with Crippen LogP contribution in [0.3, 0.4) is 0 Å². The lowest BCUT2D eigenvalue weighted by atomic mass is 9.46. The number of amides is 1. The third-order valence-electron chi connectivity index (χ3n) is 10.8. The van der Waals surface area contributed by atoms with Crippen LogP contribution in [-0.2, 0) is 19.0 Å². The molecule has 9 atom stereocenters. The van der Waals surface area contributed by atoms with Gasteiger partial charge in [-0.3, -0.25) is 4.79 Å². The molecule has 1 saturated heterocycles.